The van der Waals surface area contributed by atoms with Crippen molar-refractivity contribution in [1.82, 2.24) is 19.6 Å². The van der Waals surface area contributed by atoms with Crippen LogP contribution in [0.15, 0.2) is 41.8 Å². The minimum atomic E-state index is 0.0925. The number of benzene rings is 1. The lowest BCUT2D eigenvalue weighted by molar-refractivity contribution is 0.0621. The number of aryl methyl sites for hydroxylation is 2. The zero-order chi connectivity index (χ0) is 19.1. The van der Waals surface area contributed by atoms with Gasteiger partial charge in [0, 0.05) is 55.8 Å². The van der Waals surface area contributed by atoms with Crippen molar-refractivity contribution in [1.29, 1.82) is 0 Å². The van der Waals surface area contributed by atoms with E-state index in [0.717, 1.165) is 56.8 Å². The molecule has 0 atom stereocenters. The van der Waals surface area contributed by atoms with E-state index in [-0.39, 0.29) is 5.91 Å². The third-order valence-electron chi connectivity index (χ3n) is 5.86. The number of carbonyl (C=O) groups excluding carboxylic acids is 1. The highest BCUT2D eigenvalue weighted by molar-refractivity contribution is 7.10. The molecule has 1 aromatic carbocycles. The minimum Gasteiger partial charge on any atom is -0.335 e. The van der Waals surface area contributed by atoms with Gasteiger partial charge in [-0.05, 0) is 29.9 Å². The Balaban J connectivity index is 1.30. The topological polar surface area (TPSA) is 41.4 Å². The van der Waals surface area contributed by atoms with Crippen LogP contribution in [0.2, 0.25) is 0 Å². The molecule has 1 aliphatic heterocycles. The van der Waals surface area contributed by atoms with E-state index in [0.29, 0.717) is 5.69 Å². The van der Waals surface area contributed by atoms with E-state index in [2.05, 4.69) is 45.7 Å². The molecular formula is C22H24N4OS. The zero-order valence-corrected chi connectivity index (χ0v) is 16.9. The van der Waals surface area contributed by atoms with Gasteiger partial charge in [0.15, 0.2) is 5.69 Å². The second-order valence-corrected chi connectivity index (χ2v) is 8.61. The number of rotatable bonds is 3. The molecule has 1 amide bonds. The molecule has 1 aliphatic carbocycles. The van der Waals surface area contributed by atoms with Gasteiger partial charge in [-0.25, -0.2) is 0 Å². The fraction of sp³-hybridized carbons (Fsp3) is 0.364. The van der Waals surface area contributed by atoms with Crippen LogP contribution in [0.1, 0.15) is 26.5 Å². The SMILES string of the molecule is Cn1nc(C(=O)N2CCN(Cc3ccccc3)CC2)c2c1-c1ccsc1CC2. The Bertz CT molecular complexity index is 999. The summed E-state index contributed by atoms with van der Waals surface area (Å²) in [7, 11) is 1.96. The largest absolute Gasteiger partial charge is 0.335 e. The number of fused-ring (bicyclic) bond motifs is 3. The Hall–Kier alpha value is -2.44. The van der Waals surface area contributed by atoms with Gasteiger partial charge in [-0.1, -0.05) is 30.3 Å². The molecule has 0 bridgehead atoms. The summed E-state index contributed by atoms with van der Waals surface area (Å²) < 4.78 is 1.90. The van der Waals surface area contributed by atoms with E-state index in [1.54, 1.807) is 11.3 Å². The molecule has 2 aliphatic rings. The summed E-state index contributed by atoms with van der Waals surface area (Å²) in [4.78, 5) is 19.0. The second-order valence-electron chi connectivity index (χ2n) is 7.61. The van der Waals surface area contributed by atoms with E-state index < -0.39 is 0 Å². The van der Waals surface area contributed by atoms with Gasteiger partial charge >= 0.3 is 0 Å². The van der Waals surface area contributed by atoms with Crippen molar-refractivity contribution in [3.63, 3.8) is 0 Å². The summed E-state index contributed by atoms with van der Waals surface area (Å²) in [6.07, 6.45) is 1.92. The lowest BCUT2D eigenvalue weighted by Crippen LogP contribution is -2.48. The number of amides is 1. The lowest BCUT2D eigenvalue weighted by Gasteiger charge is -2.34. The average Bonchev–Trinajstić information content (AvgIpc) is 3.33. The molecule has 6 heteroatoms. The molecule has 144 valence electrons. The van der Waals surface area contributed by atoms with Crippen LogP contribution in [0.3, 0.4) is 0 Å². The van der Waals surface area contributed by atoms with E-state index in [4.69, 9.17) is 0 Å². The summed E-state index contributed by atoms with van der Waals surface area (Å²) in [5, 5.41) is 6.79. The molecule has 5 nitrogen and oxygen atoms in total. The van der Waals surface area contributed by atoms with Gasteiger partial charge in [0.2, 0.25) is 0 Å². The smallest absolute Gasteiger partial charge is 0.274 e. The third kappa shape index (κ3) is 3.06. The number of nitrogens with zero attached hydrogens (tertiary/aromatic N) is 4. The zero-order valence-electron chi connectivity index (χ0n) is 16.1. The summed E-state index contributed by atoms with van der Waals surface area (Å²) >= 11 is 1.80. The van der Waals surface area contributed by atoms with Gasteiger partial charge < -0.3 is 4.90 Å². The predicted molar refractivity (Wildman–Crippen MR) is 112 cm³/mol. The second kappa shape index (κ2) is 7.18. The summed E-state index contributed by atoms with van der Waals surface area (Å²) in [5.41, 5.74) is 5.50. The highest BCUT2D eigenvalue weighted by atomic mass is 32.1. The van der Waals surface area contributed by atoms with Crippen molar-refractivity contribution in [3.8, 4) is 11.3 Å². The average molecular weight is 393 g/mol. The first-order chi connectivity index (χ1) is 13.7. The fourth-order valence-corrected chi connectivity index (χ4v) is 5.28. The first-order valence-electron chi connectivity index (χ1n) is 9.89. The molecule has 1 saturated heterocycles. The van der Waals surface area contributed by atoms with E-state index >= 15 is 0 Å². The van der Waals surface area contributed by atoms with E-state index in [1.807, 2.05) is 22.7 Å². The number of piperazine rings is 1. The maximum Gasteiger partial charge on any atom is 0.274 e. The van der Waals surface area contributed by atoms with Crippen molar-refractivity contribution in [2.45, 2.75) is 19.4 Å². The summed E-state index contributed by atoms with van der Waals surface area (Å²) in [6.45, 7) is 4.29. The minimum absolute atomic E-state index is 0.0925. The third-order valence-corrected chi connectivity index (χ3v) is 6.84. The number of aromatic nitrogens is 2. The van der Waals surface area contributed by atoms with Crippen LogP contribution in [-0.4, -0.2) is 51.7 Å². The first kappa shape index (κ1) is 17.6. The van der Waals surface area contributed by atoms with Crippen LogP contribution in [0, 0.1) is 0 Å². The van der Waals surface area contributed by atoms with Gasteiger partial charge in [0.1, 0.15) is 0 Å². The Morgan fingerprint density at radius 3 is 2.64 bits per heavy atom. The van der Waals surface area contributed by atoms with Crippen molar-refractivity contribution < 1.29 is 4.79 Å². The van der Waals surface area contributed by atoms with Crippen LogP contribution in [0.4, 0.5) is 0 Å². The van der Waals surface area contributed by atoms with Crippen LogP contribution in [-0.2, 0) is 26.4 Å². The molecule has 3 heterocycles. The van der Waals surface area contributed by atoms with E-state index in [1.165, 1.54) is 16.0 Å². The highest BCUT2D eigenvalue weighted by Crippen LogP contribution is 2.38. The van der Waals surface area contributed by atoms with Crippen molar-refractivity contribution in [3.05, 3.63) is 63.5 Å². The molecule has 28 heavy (non-hydrogen) atoms. The quantitative estimate of drug-likeness (QED) is 0.687. The van der Waals surface area contributed by atoms with Crippen LogP contribution in [0.5, 0.6) is 0 Å². The van der Waals surface area contributed by atoms with Gasteiger partial charge in [-0.15, -0.1) is 11.3 Å². The van der Waals surface area contributed by atoms with Gasteiger partial charge in [0.05, 0.1) is 5.69 Å². The van der Waals surface area contributed by atoms with Crippen LogP contribution in [0.25, 0.3) is 11.3 Å². The number of carbonyl (C=O) groups is 1. The molecule has 1 fully saturated rings. The van der Waals surface area contributed by atoms with Gasteiger partial charge in [0.25, 0.3) is 5.91 Å². The van der Waals surface area contributed by atoms with Gasteiger partial charge in [-0.2, -0.15) is 5.10 Å². The number of thiophene rings is 1. The molecule has 0 saturated carbocycles. The standard InChI is InChI=1S/C22H24N4OS/c1-24-21-17-9-14-28-19(17)8-7-18(21)20(23-24)22(27)26-12-10-25(11-13-26)15-16-5-3-2-4-6-16/h2-6,9,14H,7-8,10-13,15H2,1H3. The maximum absolute atomic E-state index is 13.2. The van der Waals surface area contributed by atoms with Crippen molar-refractivity contribution in [2.24, 2.45) is 7.05 Å². The number of hydrogen-bond donors (Lipinski definition) is 0. The molecule has 3 aromatic rings. The molecule has 2 aromatic heterocycles. The first-order valence-corrected chi connectivity index (χ1v) is 10.8. The molecule has 0 unspecified atom stereocenters. The molecule has 5 rings (SSSR count). The Morgan fingerprint density at radius 1 is 1.07 bits per heavy atom. The molecular weight excluding hydrogens is 368 g/mol. The Labute approximate surface area is 169 Å². The normalized spacial score (nSPS) is 16.7. The maximum atomic E-state index is 13.2. The molecule has 0 spiro atoms. The molecule has 0 N–H and O–H groups in total. The Morgan fingerprint density at radius 2 is 1.86 bits per heavy atom. The van der Waals surface area contributed by atoms with E-state index in [9.17, 15) is 4.79 Å². The van der Waals surface area contributed by atoms with Crippen molar-refractivity contribution in [2.75, 3.05) is 26.2 Å². The van der Waals surface area contributed by atoms with Crippen molar-refractivity contribution >= 4 is 17.2 Å². The highest BCUT2D eigenvalue weighted by Gasteiger charge is 2.31. The monoisotopic (exact) mass is 392 g/mol. The number of hydrogen-bond acceptors (Lipinski definition) is 4. The summed E-state index contributed by atoms with van der Waals surface area (Å²) in [5.74, 6) is 0.0925. The lowest BCUT2D eigenvalue weighted by atomic mass is 9.94. The Kier molecular flexibility index (Phi) is 4.53. The van der Waals surface area contributed by atoms with Crippen LogP contribution < -0.4 is 0 Å². The summed E-state index contributed by atoms with van der Waals surface area (Å²) in [6, 6.07) is 12.7. The predicted octanol–water partition coefficient (Wildman–Crippen LogP) is 3.21. The van der Waals surface area contributed by atoms with Gasteiger partial charge in [-0.3, -0.25) is 14.4 Å². The fourth-order valence-electron chi connectivity index (χ4n) is 4.40. The van der Waals surface area contributed by atoms with Crippen LogP contribution >= 0.6 is 11.3 Å². The molecule has 0 radical (unpaired) electrons.